The first-order valence-electron chi connectivity index (χ1n) is 5.85. The van der Waals surface area contributed by atoms with Crippen molar-refractivity contribution >= 4 is 46.9 Å². The Hall–Kier alpha value is -0.250. The largest absolute Gasteiger partial charge is 0.312 e. The maximum atomic E-state index is 6.12. The summed E-state index contributed by atoms with van der Waals surface area (Å²) in [6.45, 7) is 3.96. The molecule has 19 heavy (non-hydrogen) atoms. The van der Waals surface area contributed by atoms with E-state index in [1.807, 2.05) is 23.5 Å². The zero-order chi connectivity index (χ0) is 13.0. The maximum absolute atomic E-state index is 6.12. The van der Waals surface area contributed by atoms with Gasteiger partial charge in [0.15, 0.2) is 0 Å². The molecule has 1 heterocycles. The Labute approximate surface area is 134 Å². The second-order valence-corrected chi connectivity index (χ2v) is 6.39. The first-order valence-corrected chi connectivity index (χ1v) is 7.42. The number of hydrogen-bond donors (Lipinski definition) is 1. The van der Waals surface area contributed by atoms with Gasteiger partial charge in [-0.25, -0.2) is 0 Å². The summed E-state index contributed by atoms with van der Waals surface area (Å²) >= 11 is 13.8. The predicted molar refractivity (Wildman–Crippen MR) is 88.2 cm³/mol. The fourth-order valence-corrected chi connectivity index (χ4v) is 3.10. The minimum Gasteiger partial charge on any atom is -0.312 e. The maximum Gasteiger partial charge on any atom is 0.0453 e. The number of rotatable bonds is 5. The van der Waals surface area contributed by atoms with Crippen LogP contribution < -0.4 is 5.32 Å². The summed E-state index contributed by atoms with van der Waals surface area (Å²) in [5.74, 6) is 0. The molecule has 0 spiro atoms. The van der Waals surface area contributed by atoms with Crippen molar-refractivity contribution in [3.63, 3.8) is 0 Å². The molecule has 0 aliphatic rings. The number of aryl methyl sites for hydroxylation is 1. The average Bonchev–Trinajstić information content (AvgIpc) is 2.73. The second-order valence-electron chi connectivity index (χ2n) is 4.17. The van der Waals surface area contributed by atoms with Crippen molar-refractivity contribution in [3.8, 4) is 0 Å². The first-order chi connectivity index (χ1) is 8.65. The highest BCUT2D eigenvalue weighted by Crippen LogP contribution is 2.21. The first kappa shape index (κ1) is 16.8. The van der Waals surface area contributed by atoms with Gasteiger partial charge in [0, 0.05) is 26.3 Å². The molecule has 0 atom stereocenters. The molecule has 1 aromatic heterocycles. The molecule has 104 valence electrons. The van der Waals surface area contributed by atoms with Gasteiger partial charge in [-0.2, -0.15) is 0 Å². The van der Waals surface area contributed by atoms with Crippen molar-refractivity contribution in [2.24, 2.45) is 0 Å². The average molecular weight is 337 g/mol. The van der Waals surface area contributed by atoms with Crippen LogP contribution in [0.1, 0.15) is 15.3 Å². The van der Waals surface area contributed by atoms with E-state index >= 15 is 0 Å². The molecule has 2 aromatic rings. The quantitative estimate of drug-likeness (QED) is 0.747. The van der Waals surface area contributed by atoms with Crippen LogP contribution in [-0.2, 0) is 13.0 Å². The van der Waals surface area contributed by atoms with Crippen LogP contribution in [0.5, 0.6) is 0 Å². The number of benzene rings is 1. The minimum atomic E-state index is 0. The van der Waals surface area contributed by atoms with Crippen LogP contribution in [0, 0.1) is 6.92 Å². The molecule has 1 nitrogen and oxygen atoms in total. The van der Waals surface area contributed by atoms with E-state index in [-0.39, 0.29) is 12.4 Å². The SMILES string of the molecule is Cc1ccc(CNCCc2ccc(Cl)cc2Cl)s1.Cl. The van der Waals surface area contributed by atoms with Gasteiger partial charge >= 0.3 is 0 Å². The lowest BCUT2D eigenvalue weighted by Gasteiger charge is -2.06. The fraction of sp³-hybridized carbons (Fsp3) is 0.286. The molecule has 5 heteroatoms. The van der Waals surface area contributed by atoms with Crippen molar-refractivity contribution in [2.45, 2.75) is 19.9 Å². The predicted octanol–water partition coefficient (Wildman–Crippen LogP) is 5.12. The molecule has 1 aromatic carbocycles. The van der Waals surface area contributed by atoms with E-state index < -0.39 is 0 Å². The molecule has 0 fully saturated rings. The Morgan fingerprint density at radius 2 is 1.95 bits per heavy atom. The summed E-state index contributed by atoms with van der Waals surface area (Å²) in [5.41, 5.74) is 1.14. The highest BCUT2D eigenvalue weighted by molar-refractivity contribution is 7.11. The molecule has 0 saturated carbocycles. The minimum absolute atomic E-state index is 0. The van der Waals surface area contributed by atoms with Crippen LogP contribution in [0.15, 0.2) is 30.3 Å². The van der Waals surface area contributed by atoms with Gasteiger partial charge in [-0.15, -0.1) is 23.7 Å². The van der Waals surface area contributed by atoms with Gasteiger partial charge in [-0.1, -0.05) is 29.3 Å². The summed E-state index contributed by atoms with van der Waals surface area (Å²) in [7, 11) is 0. The smallest absolute Gasteiger partial charge is 0.0453 e. The molecule has 1 N–H and O–H groups in total. The van der Waals surface area contributed by atoms with E-state index in [1.165, 1.54) is 9.75 Å². The Kier molecular flexibility index (Phi) is 7.19. The molecule has 0 aliphatic heterocycles. The lowest BCUT2D eigenvalue weighted by Crippen LogP contribution is -2.16. The molecule has 0 aliphatic carbocycles. The van der Waals surface area contributed by atoms with Gasteiger partial charge in [-0.3, -0.25) is 0 Å². The highest BCUT2D eigenvalue weighted by atomic mass is 35.5. The van der Waals surface area contributed by atoms with E-state index in [9.17, 15) is 0 Å². The van der Waals surface area contributed by atoms with Crippen LogP contribution in [0.4, 0.5) is 0 Å². The van der Waals surface area contributed by atoms with Crippen LogP contribution in [0.2, 0.25) is 10.0 Å². The molecule has 0 unspecified atom stereocenters. The summed E-state index contributed by atoms with van der Waals surface area (Å²) in [6, 6.07) is 9.98. The van der Waals surface area contributed by atoms with Gasteiger partial charge in [0.2, 0.25) is 0 Å². The third kappa shape index (κ3) is 5.33. The van der Waals surface area contributed by atoms with Crippen LogP contribution in [0.3, 0.4) is 0 Å². The lowest BCUT2D eigenvalue weighted by molar-refractivity contribution is 0.694. The lowest BCUT2D eigenvalue weighted by atomic mass is 10.1. The monoisotopic (exact) mass is 335 g/mol. The third-order valence-corrected chi connectivity index (χ3v) is 4.27. The number of thiophene rings is 1. The highest BCUT2D eigenvalue weighted by Gasteiger charge is 2.01. The Morgan fingerprint density at radius 3 is 2.58 bits per heavy atom. The van der Waals surface area contributed by atoms with E-state index in [2.05, 4.69) is 24.4 Å². The Bertz CT molecular complexity index is 525. The summed E-state index contributed by atoms with van der Waals surface area (Å²) < 4.78 is 0. The van der Waals surface area contributed by atoms with Gasteiger partial charge in [0.1, 0.15) is 0 Å². The number of hydrogen-bond acceptors (Lipinski definition) is 2. The van der Waals surface area contributed by atoms with E-state index in [4.69, 9.17) is 23.2 Å². The van der Waals surface area contributed by atoms with E-state index in [0.29, 0.717) is 5.02 Å². The molecule has 0 saturated heterocycles. The summed E-state index contributed by atoms with van der Waals surface area (Å²) in [5, 5.41) is 4.86. The third-order valence-electron chi connectivity index (χ3n) is 2.68. The molecule has 0 radical (unpaired) electrons. The van der Waals surface area contributed by atoms with Crippen LogP contribution in [-0.4, -0.2) is 6.54 Å². The second kappa shape index (κ2) is 8.13. The molecular weight excluding hydrogens is 321 g/mol. The van der Waals surface area contributed by atoms with Crippen molar-refractivity contribution in [3.05, 3.63) is 55.7 Å². The van der Waals surface area contributed by atoms with Crippen molar-refractivity contribution < 1.29 is 0 Å². The molecule has 2 rings (SSSR count). The van der Waals surface area contributed by atoms with Gasteiger partial charge in [0.25, 0.3) is 0 Å². The van der Waals surface area contributed by atoms with Crippen molar-refractivity contribution in [2.75, 3.05) is 6.54 Å². The van der Waals surface area contributed by atoms with Crippen molar-refractivity contribution in [1.82, 2.24) is 5.32 Å². The molecular formula is C14H16Cl3NS. The van der Waals surface area contributed by atoms with Crippen molar-refractivity contribution in [1.29, 1.82) is 0 Å². The fourth-order valence-electron chi connectivity index (χ4n) is 1.74. The normalized spacial score (nSPS) is 10.3. The molecule has 0 bridgehead atoms. The topological polar surface area (TPSA) is 12.0 Å². The number of nitrogens with one attached hydrogen (secondary N) is 1. The summed E-state index contributed by atoms with van der Waals surface area (Å²) in [6.07, 6.45) is 0.917. The van der Waals surface area contributed by atoms with Gasteiger partial charge < -0.3 is 5.32 Å². The Balaban J connectivity index is 0.00000180. The van der Waals surface area contributed by atoms with Crippen LogP contribution in [0.25, 0.3) is 0 Å². The molecule has 0 amide bonds. The summed E-state index contributed by atoms with van der Waals surface area (Å²) in [4.78, 5) is 2.72. The van der Waals surface area contributed by atoms with E-state index in [1.54, 1.807) is 6.07 Å². The van der Waals surface area contributed by atoms with Gasteiger partial charge in [-0.05, 0) is 49.7 Å². The van der Waals surface area contributed by atoms with E-state index in [0.717, 1.165) is 30.1 Å². The zero-order valence-electron chi connectivity index (χ0n) is 10.6. The zero-order valence-corrected chi connectivity index (χ0v) is 13.7. The standard InChI is InChI=1S/C14H15Cl2NS.ClH/c1-10-2-5-13(18-10)9-17-7-6-11-3-4-12(15)8-14(11)16;/h2-5,8,17H,6-7,9H2,1H3;1H. The Morgan fingerprint density at radius 1 is 1.16 bits per heavy atom. The van der Waals surface area contributed by atoms with Crippen LogP contribution >= 0.6 is 46.9 Å². The van der Waals surface area contributed by atoms with Gasteiger partial charge in [0.05, 0.1) is 0 Å². The number of halogens is 3.